The lowest BCUT2D eigenvalue weighted by Gasteiger charge is -2.16. The Morgan fingerprint density at radius 2 is 1.18 bits per heavy atom. The van der Waals surface area contributed by atoms with Crippen LogP contribution in [0.4, 0.5) is 0 Å². The van der Waals surface area contributed by atoms with Crippen molar-refractivity contribution in [1.29, 1.82) is 0 Å². The zero-order chi connectivity index (χ0) is 28.3. The molecule has 0 aliphatic rings. The fraction of sp³-hybridized carbons (Fsp3) is 0.300. The van der Waals surface area contributed by atoms with E-state index in [4.69, 9.17) is 14.2 Å². The largest absolute Gasteiger partial charge is 0.493 e. The zero-order valence-corrected chi connectivity index (χ0v) is 23.2. The molecule has 2 aromatic heterocycles. The molecule has 2 heterocycles. The number of rotatable bonds is 9. The Hall–Kier alpha value is -4.53. The fourth-order valence-corrected chi connectivity index (χ4v) is 4.06. The van der Waals surface area contributed by atoms with Crippen molar-refractivity contribution in [3.8, 4) is 28.4 Å². The maximum atomic E-state index is 11.7. The molecule has 0 saturated heterocycles. The third-order valence-corrected chi connectivity index (χ3v) is 6.59. The number of hydrogen-bond acceptors (Lipinski definition) is 8. The first-order valence-electron chi connectivity index (χ1n) is 12.5. The van der Waals surface area contributed by atoms with Gasteiger partial charge in [-0.15, -0.1) is 0 Å². The van der Waals surface area contributed by atoms with Gasteiger partial charge in [-0.2, -0.15) is 0 Å². The smallest absolute Gasteiger partial charge is 0.335 e. The summed E-state index contributed by atoms with van der Waals surface area (Å²) in [5, 5.41) is 9.62. The standard InChI is InChI=1S/C30H32N4O5/c1-16-18(3)33-25(20(5)31-16)14-38-27-10-9-23(30(35)36)12-24(27)22-8-11-28(29(13-22)37-7)39-15-26-21(6)32-17(2)19(4)34-26/h8-13H,14-15H2,1-7H3,(H,35,36). The summed E-state index contributed by atoms with van der Waals surface area (Å²) < 4.78 is 17.8. The van der Waals surface area contributed by atoms with Crippen LogP contribution in [0.25, 0.3) is 11.1 Å². The molecule has 0 saturated carbocycles. The summed E-state index contributed by atoms with van der Waals surface area (Å²) in [6.45, 7) is 11.9. The molecule has 0 aliphatic heterocycles. The van der Waals surface area contributed by atoms with E-state index < -0.39 is 5.97 Å². The number of hydrogen-bond donors (Lipinski definition) is 1. The average Bonchev–Trinajstić information content (AvgIpc) is 2.91. The summed E-state index contributed by atoms with van der Waals surface area (Å²) in [4.78, 5) is 30.0. The quantitative estimate of drug-likeness (QED) is 0.294. The Kier molecular flexibility index (Phi) is 8.09. The molecule has 1 N–H and O–H groups in total. The van der Waals surface area contributed by atoms with Gasteiger partial charge >= 0.3 is 5.97 Å². The van der Waals surface area contributed by atoms with Gasteiger partial charge in [-0.3, -0.25) is 19.9 Å². The van der Waals surface area contributed by atoms with E-state index in [0.717, 1.165) is 45.6 Å². The van der Waals surface area contributed by atoms with Crippen molar-refractivity contribution in [2.75, 3.05) is 7.11 Å². The molecule has 0 amide bonds. The van der Waals surface area contributed by atoms with Crippen LogP contribution in [-0.4, -0.2) is 38.1 Å². The predicted octanol–water partition coefficient (Wildman–Crippen LogP) is 5.65. The van der Waals surface area contributed by atoms with Gasteiger partial charge in [0, 0.05) is 5.56 Å². The van der Waals surface area contributed by atoms with Crippen molar-refractivity contribution in [3.05, 3.63) is 87.5 Å². The zero-order valence-electron chi connectivity index (χ0n) is 23.2. The number of aromatic carboxylic acids is 1. The number of aryl methyl sites for hydroxylation is 6. The maximum Gasteiger partial charge on any atom is 0.335 e. The number of methoxy groups -OCH3 is 1. The molecule has 0 unspecified atom stereocenters. The van der Waals surface area contributed by atoms with Crippen molar-refractivity contribution in [3.63, 3.8) is 0 Å². The molecular formula is C30H32N4O5. The van der Waals surface area contributed by atoms with E-state index in [1.54, 1.807) is 31.4 Å². The molecule has 0 spiro atoms. The summed E-state index contributed by atoms with van der Waals surface area (Å²) in [6, 6.07) is 10.2. The Morgan fingerprint density at radius 3 is 1.72 bits per heavy atom. The highest BCUT2D eigenvalue weighted by Gasteiger charge is 2.16. The van der Waals surface area contributed by atoms with Gasteiger partial charge < -0.3 is 19.3 Å². The number of ether oxygens (including phenoxy) is 3. The van der Waals surface area contributed by atoms with E-state index >= 15 is 0 Å². The highest BCUT2D eigenvalue weighted by atomic mass is 16.5. The lowest BCUT2D eigenvalue weighted by atomic mass is 10.0. The fourth-order valence-electron chi connectivity index (χ4n) is 4.06. The molecule has 39 heavy (non-hydrogen) atoms. The highest BCUT2D eigenvalue weighted by molar-refractivity contribution is 5.90. The summed E-state index contributed by atoms with van der Waals surface area (Å²) in [5.41, 5.74) is 7.97. The summed E-state index contributed by atoms with van der Waals surface area (Å²) >= 11 is 0. The van der Waals surface area contributed by atoms with Crippen molar-refractivity contribution in [2.24, 2.45) is 0 Å². The first-order valence-corrected chi connectivity index (χ1v) is 12.5. The minimum absolute atomic E-state index is 0.141. The summed E-state index contributed by atoms with van der Waals surface area (Å²) in [7, 11) is 1.55. The number of nitrogens with zero attached hydrogens (tertiary/aromatic N) is 4. The van der Waals surface area contributed by atoms with Crippen molar-refractivity contribution < 1.29 is 24.1 Å². The normalized spacial score (nSPS) is 10.8. The van der Waals surface area contributed by atoms with Crippen LogP contribution < -0.4 is 14.2 Å². The molecule has 0 bridgehead atoms. The van der Waals surface area contributed by atoms with E-state index in [2.05, 4.69) is 19.9 Å². The Bertz CT molecular complexity index is 1550. The number of carboxylic acid groups (broad SMARTS) is 1. The Labute approximate surface area is 227 Å². The van der Waals surface area contributed by atoms with Crippen LogP contribution in [0.5, 0.6) is 17.2 Å². The van der Waals surface area contributed by atoms with Gasteiger partial charge in [0.1, 0.15) is 19.0 Å². The summed E-state index contributed by atoms with van der Waals surface area (Å²) in [5.74, 6) is 0.495. The highest BCUT2D eigenvalue weighted by Crippen LogP contribution is 2.38. The van der Waals surface area contributed by atoms with Crippen LogP contribution in [0.3, 0.4) is 0 Å². The lowest BCUT2D eigenvalue weighted by Crippen LogP contribution is -2.07. The van der Waals surface area contributed by atoms with Crippen molar-refractivity contribution in [2.45, 2.75) is 54.8 Å². The van der Waals surface area contributed by atoms with E-state index in [-0.39, 0.29) is 18.8 Å². The second-order valence-electron chi connectivity index (χ2n) is 9.31. The molecule has 0 radical (unpaired) electrons. The third-order valence-electron chi connectivity index (χ3n) is 6.59. The average molecular weight is 529 g/mol. The maximum absolute atomic E-state index is 11.7. The van der Waals surface area contributed by atoms with Gasteiger partial charge in [-0.1, -0.05) is 6.07 Å². The van der Waals surface area contributed by atoms with Crippen molar-refractivity contribution >= 4 is 5.97 Å². The van der Waals surface area contributed by atoms with Gasteiger partial charge in [0.05, 0.1) is 58.2 Å². The number of carboxylic acids is 1. The summed E-state index contributed by atoms with van der Waals surface area (Å²) in [6.07, 6.45) is 0. The van der Waals surface area contributed by atoms with E-state index in [9.17, 15) is 9.90 Å². The predicted molar refractivity (Wildman–Crippen MR) is 147 cm³/mol. The lowest BCUT2D eigenvalue weighted by molar-refractivity contribution is 0.0697. The van der Waals surface area contributed by atoms with Gasteiger partial charge in [0.25, 0.3) is 0 Å². The minimum Gasteiger partial charge on any atom is -0.493 e. The van der Waals surface area contributed by atoms with Crippen LogP contribution in [0.1, 0.15) is 55.9 Å². The Morgan fingerprint density at radius 1 is 0.667 bits per heavy atom. The second kappa shape index (κ2) is 11.5. The molecular weight excluding hydrogens is 496 g/mol. The number of benzene rings is 2. The topological polar surface area (TPSA) is 117 Å². The number of carbonyl (C=O) groups is 1. The van der Waals surface area contributed by atoms with Crippen LogP contribution >= 0.6 is 0 Å². The molecule has 9 heteroatoms. The molecule has 202 valence electrons. The van der Waals surface area contributed by atoms with Gasteiger partial charge in [-0.05, 0) is 77.4 Å². The van der Waals surface area contributed by atoms with Gasteiger partial charge in [0.15, 0.2) is 11.5 Å². The van der Waals surface area contributed by atoms with E-state index in [1.165, 1.54) is 6.07 Å². The van der Waals surface area contributed by atoms with Crippen LogP contribution in [0.15, 0.2) is 36.4 Å². The van der Waals surface area contributed by atoms with Crippen LogP contribution in [-0.2, 0) is 13.2 Å². The van der Waals surface area contributed by atoms with E-state index in [0.29, 0.717) is 28.4 Å². The van der Waals surface area contributed by atoms with Crippen LogP contribution in [0.2, 0.25) is 0 Å². The molecule has 0 aliphatic carbocycles. The SMILES string of the molecule is COc1cc(-c2cc(C(=O)O)ccc2OCc2nc(C)c(C)nc2C)ccc1OCc1nc(C)c(C)nc1C. The molecule has 0 fully saturated rings. The van der Waals surface area contributed by atoms with Gasteiger partial charge in [0.2, 0.25) is 0 Å². The second-order valence-corrected chi connectivity index (χ2v) is 9.31. The number of aromatic nitrogens is 4. The molecule has 4 aromatic rings. The van der Waals surface area contributed by atoms with E-state index in [1.807, 2.05) is 47.6 Å². The first kappa shape index (κ1) is 27.5. The van der Waals surface area contributed by atoms with Gasteiger partial charge in [-0.25, -0.2) is 4.79 Å². The monoisotopic (exact) mass is 528 g/mol. The van der Waals surface area contributed by atoms with Crippen LogP contribution in [0, 0.1) is 41.5 Å². The third kappa shape index (κ3) is 6.14. The molecule has 4 rings (SSSR count). The first-order chi connectivity index (χ1) is 18.6. The Balaban J connectivity index is 1.64. The molecule has 9 nitrogen and oxygen atoms in total. The molecule has 2 aromatic carbocycles. The minimum atomic E-state index is -1.03. The van der Waals surface area contributed by atoms with Crippen molar-refractivity contribution in [1.82, 2.24) is 19.9 Å². The molecule has 0 atom stereocenters.